The zero-order valence-corrected chi connectivity index (χ0v) is 30.6. The summed E-state index contributed by atoms with van der Waals surface area (Å²) in [6.45, 7) is 7.42. The summed E-state index contributed by atoms with van der Waals surface area (Å²) < 4.78 is 40.4. The standard InChI is InChI=1S/C14H16FN3S.C10H7BrFNS.C8H5Br2FO/c1-10-17-13(9-19-10)11-2-3-12(15)14(8-11)18-6-4-16-5-7-18;1-6-13-10(5-14-6)7-2-3-9(12)8(11)4-7;9-4-8(12)5-1-2-7(11)6(10)3-5/h2-3,8-9,16H,4-7H2,1H3;2-5H,1H3;1-3H,4H2. The van der Waals surface area contributed by atoms with E-state index in [0.717, 1.165) is 58.7 Å². The van der Waals surface area contributed by atoms with Crippen LogP contribution in [-0.4, -0.2) is 47.3 Å². The maximum Gasteiger partial charge on any atom is 0.173 e. The quantitative estimate of drug-likeness (QED) is 0.141. The summed E-state index contributed by atoms with van der Waals surface area (Å²) in [7, 11) is 0. The number of alkyl halides is 1. The number of halogens is 6. The van der Waals surface area contributed by atoms with Gasteiger partial charge in [0.15, 0.2) is 5.78 Å². The molecule has 3 aromatic carbocycles. The smallest absolute Gasteiger partial charge is 0.173 e. The molecule has 45 heavy (non-hydrogen) atoms. The van der Waals surface area contributed by atoms with Crippen LogP contribution >= 0.6 is 70.5 Å². The normalized spacial score (nSPS) is 12.6. The van der Waals surface area contributed by atoms with Crippen LogP contribution < -0.4 is 10.2 Å². The van der Waals surface area contributed by atoms with Crippen LogP contribution in [-0.2, 0) is 0 Å². The molecule has 1 saturated heterocycles. The largest absolute Gasteiger partial charge is 0.367 e. The summed E-state index contributed by atoms with van der Waals surface area (Å²) in [5.74, 6) is -0.824. The Morgan fingerprint density at radius 2 is 1.31 bits per heavy atom. The Morgan fingerprint density at radius 3 is 1.80 bits per heavy atom. The maximum atomic E-state index is 14.0. The van der Waals surface area contributed by atoms with Gasteiger partial charge < -0.3 is 10.2 Å². The molecule has 0 radical (unpaired) electrons. The molecule has 5 aromatic rings. The molecule has 1 aliphatic rings. The number of rotatable bonds is 5. The van der Waals surface area contributed by atoms with Crippen molar-refractivity contribution in [2.24, 2.45) is 0 Å². The first-order valence-corrected chi connectivity index (χ1v) is 18.1. The number of thiazole rings is 2. The number of nitrogens with zero attached hydrogens (tertiary/aromatic N) is 3. The number of carbonyl (C=O) groups is 1. The van der Waals surface area contributed by atoms with Crippen LogP contribution in [0.3, 0.4) is 0 Å². The molecule has 1 aliphatic heterocycles. The third-order valence-corrected chi connectivity index (χ3v) is 9.79. The number of carbonyl (C=O) groups excluding carboxylic acids is 1. The fraction of sp³-hybridized carbons (Fsp3) is 0.219. The molecule has 0 spiro atoms. The van der Waals surface area contributed by atoms with Crippen molar-refractivity contribution in [3.05, 3.63) is 107 Å². The van der Waals surface area contributed by atoms with Gasteiger partial charge in [0.25, 0.3) is 0 Å². The van der Waals surface area contributed by atoms with E-state index in [2.05, 4.69) is 68.0 Å². The van der Waals surface area contributed by atoms with E-state index in [4.69, 9.17) is 0 Å². The fourth-order valence-corrected chi connectivity index (χ4v) is 6.54. The SMILES string of the molecule is Cc1nc(-c2ccc(F)c(Br)c2)cs1.Cc1nc(-c2ccc(F)c(N3CCNCC3)c2)cs1.O=C(CBr)c1ccc(F)c(Br)c1. The van der Waals surface area contributed by atoms with E-state index in [1.165, 1.54) is 24.3 Å². The Kier molecular flexibility index (Phi) is 13.3. The lowest BCUT2D eigenvalue weighted by Crippen LogP contribution is -2.43. The molecular weight excluding hydrogens is 817 g/mol. The van der Waals surface area contributed by atoms with Crippen molar-refractivity contribution in [1.29, 1.82) is 0 Å². The number of nitrogens with one attached hydrogen (secondary N) is 1. The Labute approximate surface area is 293 Å². The van der Waals surface area contributed by atoms with Crippen LogP contribution in [0.1, 0.15) is 20.4 Å². The van der Waals surface area contributed by atoms with Crippen LogP contribution in [0.2, 0.25) is 0 Å². The first kappa shape index (κ1) is 35.4. The van der Waals surface area contributed by atoms with Crippen molar-refractivity contribution in [3.63, 3.8) is 0 Å². The molecule has 0 saturated carbocycles. The summed E-state index contributed by atoms with van der Waals surface area (Å²) in [5, 5.41) is 9.56. The molecule has 1 fully saturated rings. The summed E-state index contributed by atoms with van der Waals surface area (Å²) in [4.78, 5) is 22.0. The predicted octanol–water partition coefficient (Wildman–Crippen LogP) is 9.85. The molecular formula is C32H28Br3F3N4OS2. The van der Waals surface area contributed by atoms with Gasteiger partial charge >= 0.3 is 0 Å². The molecule has 5 nitrogen and oxygen atoms in total. The molecule has 0 aliphatic carbocycles. The van der Waals surface area contributed by atoms with Crippen molar-refractivity contribution < 1.29 is 18.0 Å². The monoisotopic (exact) mass is 842 g/mol. The average molecular weight is 845 g/mol. The second-order valence-corrected chi connectivity index (χ2v) is 14.1. The zero-order valence-electron chi connectivity index (χ0n) is 24.2. The van der Waals surface area contributed by atoms with E-state index >= 15 is 0 Å². The van der Waals surface area contributed by atoms with Crippen molar-refractivity contribution >= 4 is 81.9 Å². The van der Waals surface area contributed by atoms with Gasteiger partial charge in [0, 0.05) is 53.6 Å². The number of hydrogen-bond donors (Lipinski definition) is 1. The Hall–Kier alpha value is -2.42. The summed E-state index contributed by atoms with van der Waals surface area (Å²) in [5.41, 5.74) is 4.93. The van der Waals surface area contributed by atoms with Crippen LogP contribution in [0.5, 0.6) is 0 Å². The van der Waals surface area contributed by atoms with Gasteiger partial charge in [-0.05, 0) is 100 Å². The topological polar surface area (TPSA) is 58.1 Å². The van der Waals surface area contributed by atoms with E-state index < -0.39 is 0 Å². The number of aryl methyl sites for hydroxylation is 2. The number of benzene rings is 3. The summed E-state index contributed by atoms with van der Waals surface area (Å²) in [6.07, 6.45) is 0. The number of hydrogen-bond acceptors (Lipinski definition) is 7. The Bertz CT molecular complexity index is 1760. The molecule has 3 heterocycles. The number of piperazine rings is 1. The van der Waals surface area contributed by atoms with Gasteiger partial charge in [-0.25, -0.2) is 23.1 Å². The van der Waals surface area contributed by atoms with Crippen molar-refractivity contribution in [1.82, 2.24) is 15.3 Å². The number of aromatic nitrogens is 2. The van der Waals surface area contributed by atoms with Gasteiger partial charge in [-0.15, -0.1) is 22.7 Å². The molecule has 6 rings (SSSR count). The maximum absolute atomic E-state index is 14.0. The van der Waals surface area contributed by atoms with Gasteiger partial charge in [-0.1, -0.05) is 15.9 Å². The Morgan fingerprint density at radius 1 is 0.800 bits per heavy atom. The van der Waals surface area contributed by atoms with E-state index in [1.54, 1.807) is 46.9 Å². The second-order valence-electron chi connectivity index (χ2n) is 9.72. The highest BCUT2D eigenvalue weighted by atomic mass is 79.9. The van der Waals surface area contributed by atoms with E-state index in [9.17, 15) is 18.0 Å². The van der Waals surface area contributed by atoms with Crippen LogP contribution in [0.4, 0.5) is 18.9 Å². The summed E-state index contributed by atoms with van der Waals surface area (Å²) in [6, 6.07) is 14.4. The lowest BCUT2D eigenvalue weighted by Gasteiger charge is -2.30. The van der Waals surface area contributed by atoms with E-state index in [0.29, 0.717) is 20.2 Å². The van der Waals surface area contributed by atoms with E-state index in [1.807, 2.05) is 30.7 Å². The van der Waals surface area contributed by atoms with Crippen LogP contribution in [0.25, 0.3) is 22.5 Å². The second kappa shape index (κ2) is 16.9. The Balaban J connectivity index is 0.000000159. The predicted molar refractivity (Wildman–Crippen MR) is 189 cm³/mol. The lowest BCUT2D eigenvalue weighted by molar-refractivity contribution is 0.102. The third kappa shape index (κ3) is 10.0. The minimum atomic E-state index is -0.360. The lowest BCUT2D eigenvalue weighted by atomic mass is 10.1. The highest BCUT2D eigenvalue weighted by Crippen LogP contribution is 2.29. The van der Waals surface area contributed by atoms with E-state index in [-0.39, 0.29) is 28.6 Å². The minimum Gasteiger partial charge on any atom is -0.367 e. The highest BCUT2D eigenvalue weighted by molar-refractivity contribution is 9.10. The zero-order chi connectivity index (χ0) is 32.5. The number of ketones is 1. The first-order valence-electron chi connectivity index (χ1n) is 13.6. The van der Waals surface area contributed by atoms with Gasteiger partial charge in [0.05, 0.1) is 41.4 Å². The molecule has 2 aromatic heterocycles. The van der Waals surface area contributed by atoms with Crippen molar-refractivity contribution in [2.45, 2.75) is 13.8 Å². The highest BCUT2D eigenvalue weighted by Gasteiger charge is 2.16. The van der Waals surface area contributed by atoms with Crippen molar-refractivity contribution in [3.8, 4) is 22.5 Å². The van der Waals surface area contributed by atoms with Crippen molar-refractivity contribution in [2.75, 3.05) is 36.4 Å². The third-order valence-electron chi connectivity index (χ3n) is 6.52. The molecule has 0 bridgehead atoms. The first-order chi connectivity index (χ1) is 21.5. The molecule has 13 heteroatoms. The number of Topliss-reactive ketones (excluding diaryl/α,β-unsaturated/α-hetero) is 1. The average Bonchev–Trinajstić information content (AvgIpc) is 3.69. The van der Waals surface area contributed by atoms with Gasteiger partial charge in [0.1, 0.15) is 17.5 Å². The van der Waals surface area contributed by atoms with Gasteiger partial charge in [-0.2, -0.15) is 0 Å². The fourth-order valence-electron chi connectivity index (χ4n) is 4.21. The molecule has 0 unspecified atom stereocenters. The van der Waals surface area contributed by atoms with Gasteiger partial charge in [0.2, 0.25) is 0 Å². The van der Waals surface area contributed by atoms with Gasteiger partial charge in [-0.3, -0.25) is 4.79 Å². The molecule has 236 valence electrons. The van der Waals surface area contributed by atoms with Crippen LogP contribution in [0.15, 0.2) is 74.3 Å². The molecule has 0 amide bonds. The molecule has 1 N–H and O–H groups in total. The van der Waals surface area contributed by atoms with Crippen LogP contribution in [0, 0.1) is 31.3 Å². The summed E-state index contributed by atoms with van der Waals surface area (Å²) >= 11 is 12.4. The number of anilines is 1. The molecule has 0 atom stereocenters. The minimum absolute atomic E-state index is 0.0595.